The molecule has 0 amide bonds. The van der Waals surface area contributed by atoms with Gasteiger partial charge in [0.1, 0.15) is 11.6 Å². The van der Waals surface area contributed by atoms with Crippen LogP contribution in [0.25, 0.3) is 33.9 Å². The molecule has 32 heavy (non-hydrogen) atoms. The van der Waals surface area contributed by atoms with Crippen molar-refractivity contribution >= 4 is 5.78 Å². The molecule has 1 N–H and O–H groups in total. The molecule has 0 aliphatic heterocycles. The van der Waals surface area contributed by atoms with E-state index >= 15 is 0 Å². The Morgan fingerprint density at radius 3 is 1.84 bits per heavy atom. The van der Waals surface area contributed by atoms with E-state index in [2.05, 4.69) is 4.98 Å². The number of nitrogens with zero attached hydrogens (tertiary/aromatic N) is 1. The second-order valence-corrected chi connectivity index (χ2v) is 7.45. The van der Waals surface area contributed by atoms with E-state index < -0.39 is 0 Å². The Labute approximate surface area is 185 Å². The quantitative estimate of drug-likeness (QED) is 0.320. The van der Waals surface area contributed by atoms with E-state index in [1.54, 1.807) is 12.1 Å². The van der Waals surface area contributed by atoms with E-state index in [0.29, 0.717) is 17.0 Å². The molecule has 1 aromatic heterocycles. The summed E-state index contributed by atoms with van der Waals surface area (Å²) in [4.78, 5) is 21.0. The molecule has 5 rings (SSSR count). The smallest absolute Gasteiger partial charge is 0.193 e. The van der Waals surface area contributed by atoms with Crippen LogP contribution in [0.1, 0.15) is 15.9 Å². The molecule has 154 valence electrons. The third kappa shape index (κ3) is 3.86. The van der Waals surface area contributed by atoms with Crippen LogP contribution in [0.15, 0.2) is 109 Å². The minimum atomic E-state index is -0.289. The van der Waals surface area contributed by atoms with Crippen LogP contribution in [-0.4, -0.2) is 15.8 Å². The van der Waals surface area contributed by atoms with Crippen molar-refractivity contribution in [1.29, 1.82) is 0 Å². The van der Waals surface area contributed by atoms with Gasteiger partial charge in [0.25, 0.3) is 0 Å². The highest BCUT2D eigenvalue weighted by atomic mass is 19.1. The summed E-state index contributed by atoms with van der Waals surface area (Å²) in [5, 5.41) is 0. The zero-order valence-corrected chi connectivity index (χ0v) is 17.1. The molecule has 0 radical (unpaired) electrons. The van der Waals surface area contributed by atoms with Gasteiger partial charge in [0.05, 0.1) is 11.4 Å². The van der Waals surface area contributed by atoms with Crippen LogP contribution in [0.2, 0.25) is 0 Å². The number of aromatic nitrogens is 2. The minimum absolute atomic E-state index is 0.0166. The summed E-state index contributed by atoms with van der Waals surface area (Å²) < 4.78 is 13.4. The predicted octanol–water partition coefficient (Wildman–Crippen LogP) is 6.78. The Morgan fingerprint density at radius 1 is 0.625 bits per heavy atom. The lowest BCUT2D eigenvalue weighted by atomic mass is 10.00. The number of hydrogen-bond donors (Lipinski definition) is 1. The van der Waals surface area contributed by atoms with E-state index in [9.17, 15) is 9.18 Å². The second-order valence-electron chi connectivity index (χ2n) is 7.45. The first kappa shape index (κ1) is 19.6. The molecule has 0 bridgehead atoms. The zero-order chi connectivity index (χ0) is 21.9. The Morgan fingerprint density at radius 2 is 1.19 bits per heavy atom. The lowest BCUT2D eigenvalue weighted by Gasteiger charge is -2.05. The van der Waals surface area contributed by atoms with Gasteiger partial charge in [-0.2, -0.15) is 0 Å². The van der Waals surface area contributed by atoms with Gasteiger partial charge < -0.3 is 4.98 Å². The molecule has 0 saturated carbocycles. The number of ketones is 1. The number of carbonyl (C=O) groups excluding carboxylic acids is 1. The number of rotatable bonds is 5. The molecule has 0 spiro atoms. The van der Waals surface area contributed by atoms with Crippen LogP contribution in [0.4, 0.5) is 4.39 Å². The summed E-state index contributed by atoms with van der Waals surface area (Å²) in [7, 11) is 0. The molecule has 5 aromatic rings. The van der Waals surface area contributed by atoms with Gasteiger partial charge in [-0.15, -0.1) is 0 Å². The molecule has 0 unspecified atom stereocenters. The van der Waals surface area contributed by atoms with Gasteiger partial charge in [-0.25, -0.2) is 9.37 Å². The summed E-state index contributed by atoms with van der Waals surface area (Å²) in [6.45, 7) is 0. The highest BCUT2D eigenvalue weighted by Crippen LogP contribution is 2.33. The van der Waals surface area contributed by atoms with Gasteiger partial charge >= 0.3 is 0 Å². The van der Waals surface area contributed by atoms with Crippen molar-refractivity contribution in [2.45, 2.75) is 0 Å². The van der Waals surface area contributed by atoms with Gasteiger partial charge in [0.15, 0.2) is 5.78 Å². The molecule has 4 aromatic carbocycles. The van der Waals surface area contributed by atoms with E-state index in [0.717, 1.165) is 28.1 Å². The first-order valence-electron chi connectivity index (χ1n) is 10.3. The van der Waals surface area contributed by atoms with Crippen molar-refractivity contribution in [1.82, 2.24) is 9.97 Å². The highest BCUT2D eigenvalue weighted by molar-refractivity contribution is 6.09. The maximum atomic E-state index is 13.4. The fourth-order valence-corrected chi connectivity index (χ4v) is 3.68. The number of halogens is 1. The number of hydrogen-bond acceptors (Lipinski definition) is 2. The van der Waals surface area contributed by atoms with E-state index in [-0.39, 0.29) is 11.6 Å². The zero-order valence-electron chi connectivity index (χ0n) is 17.1. The number of imidazole rings is 1. The fourth-order valence-electron chi connectivity index (χ4n) is 3.68. The SMILES string of the molecule is O=C(c1ccccc1)c1ccc(-c2[nH]c(-c3ccc(F)cc3)nc2-c2ccccc2)cc1. The van der Waals surface area contributed by atoms with E-state index in [1.807, 2.05) is 84.9 Å². The van der Waals surface area contributed by atoms with Gasteiger partial charge in [0, 0.05) is 27.8 Å². The maximum Gasteiger partial charge on any atom is 0.193 e. The lowest BCUT2D eigenvalue weighted by Crippen LogP contribution is -2.00. The molecular formula is C28H19FN2O. The molecular weight excluding hydrogens is 399 g/mol. The molecule has 1 heterocycles. The van der Waals surface area contributed by atoms with Gasteiger partial charge in [-0.05, 0) is 24.3 Å². The van der Waals surface area contributed by atoms with Crippen LogP contribution in [0.5, 0.6) is 0 Å². The minimum Gasteiger partial charge on any atom is -0.337 e. The van der Waals surface area contributed by atoms with Crippen LogP contribution in [-0.2, 0) is 0 Å². The van der Waals surface area contributed by atoms with Crippen molar-refractivity contribution in [2.24, 2.45) is 0 Å². The number of nitrogens with one attached hydrogen (secondary N) is 1. The molecule has 0 atom stereocenters. The lowest BCUT2D eigenvalue weighted by molar-refractivity contribution is 0.103. The van der Waals surface area contributed by atoms with Crippen LogP contribution in [0, 0.1) is 5.82 Å². The molecule has 0 fully saturated rings. The first-order chi connectivity index (χ1) is 15.7. The number of aromatic amines is 1. The molecule has 4 heteroatoms. The monoisotopic (exact) mass is 418 g/mol. The molecule has 3 nitrogen and oxygen atoms in total. The van der Waals surface area contributed by atoms with Crippen LogP contribution < -0.4 is 0 Å². The van der Waals surface area contributed by atoms with Crippen molar-refractivity contribution in [3.05, 3.63) is 126 Å². The van der Waals surface area contributed by atoms with E-state index in [4.69, 9.17) is 4.98 Å². The summed E-state index contributed by atoms with van der Waals surface area (Å²) in [5.41, 5.74) is 5.60. The highest BCUT2D eigenvalue weighted by Gasteiger charge is 2.16. The Hall–Kier alpha value is -4.31. The topological polar surface area (TPSA) is 45.8 Å². The average molecular weight is 418 g/mol. The standard InChI is InChI=1S/C28H19FN2O/c29-24-17-15-23(16-18-24)28-30-25(19-7-3-1-4-8-19)26(31-28)20-11-13-22(14-12-20)27(32)21-9-5-2-6-10-21/h1-18H,(H,30,31). The average Bonchev–Trinajstić information content (AvgIpc) is 3.31. The second kappa shape index (κ2) is 8.44. The largest absolute Gasteiger partial charge is 0.337 e. The van der Waals surface area contributed by atoms with Crippen molar-refractivity contribution in [3.63, 3.8) is 0 Å². The van der Waals surface area contributed by atoms with E-state index in [1.165, 1.54) is 12.1 Å². The first-order valence-corrected chi connectivity index (χ1v) is 10.3. The predicted molar refractivity (Wildman–Crippen MR) is 125 cm³/mol. The summed E-state index contributed by atoms with van der Waals surface area (Å²) >= 11 is 0. The van der Waals surface area contributed by atoms with Gasteiger partial charge in [-0.3, -0.25) is 4.79 Å². The molecule has 0 saturated heterocycles. The summed E-state index contributed by atoms with van der Waals surface area (Å²) in [5.74, 6) is 0.350. The van der Waals surface area contributed by atoms with Crippen molar-refractivity contribution in [3.8, 4) is 33.9 Å². The normalized spacial score (nSPS) is 10.8. The van der Waals surface area contributed by atoms with Gasteiger partial charge in [0.2, 0.25) is 0 Å². The Bertz CT molecular complexity index is 1360. The third-order valence-electron chi connectivity index (χ3n) is 5.34. The number of benzene rings is 4. The number of H-pyrrole nitrogens is 1. The summed E-state index contributed by atoms with van der Waals surface area (Å²) in [6.07, 6.45) is 0. The van der Waals surface area contributed by atoms with Crippen LogP contribution in [0.3, 0.4) is 0 Å². The third-order valence-corrected chi connectivity index (χ3v) is 5.34. The Balaban J connectivity index is 1.56. The van der Waals surface area contributed by atoms with Crippen molar-refractivity contribution in [2.75, 3.05) is 0 Å². The Kier molecular flexibility index (Phi) is 5.18. The van der Waals surface area contributed by atoms with Gasteiger partial charge in [-0.1, -0.05) is 84.9 Å². The van der Waals surface area contributed by atoms with Crippen LogP contribution >= 0.6 is 0 Å². The number of carbonyl (C=O) groups is 1. The maximum absolute atomic E-state index is 13.4. The van der Waals surface area contributed by atoms with Crippen molar-refractivity contribution < 1.29 is 9.18 Å². The fraction of sp³-hybridized carbons (Fsp3) is 0. The molecule has 0 aliphatic carbocycles. The molecule has 0 aliphatic rings. The summed E-state index contributed by atoms with van der Waals surface area (Å²) in [6, 6.07) is 32.9.